The lowest BCUT2D eigenvalue weighted by Gasteiger charge is -2.29. The minimum atomic E-state index is -1.15. The van der Waals surface area contributed by atoms with Gasteiger partial charge in [-0.2, -0.15) is 0 Å². The molecular weight excluding hydrogens is 382 g/mol. The highest BCUT2D eigenvalue weighted by Gasteiger charge is 2.29. The van der Waals surface area contributed by atoms with Gasteiger partial charge in [0.05, 0.1) is 0 Å². The van der Waals surface area contributed by atoms with Crippen molar-refractivity contribution < 1.29 is 27.9 Å². The van der Waals surface area contributed by atoms with Crippen molar-refractivity contribution in [3.8, 4) is 0 Å². The highest BCUT2D eigenvalue weighted by atomic mass is 19.1. The predicted octanol–water partition coefficient (Wildman–Crippen LogP) is 2.96. The zero-order valence-corrected chi connectivity index (χ0v) is 17.0. The number of esters is 1. The summed E-state index contributed by atoms with van der Waals surface area (Å²) in [4.78, 5) is 36.8. The lowest BCUT2D eigenvalue weighted by molar-refractivity contribution is -0.151. The molecule has 1 fully saturated rings. The first-order valence-electron chi connectivity index (χ1n) is 9.91. The zero-order chi connectivity index (χ0) is 21.6. The average Bonchev–Trinajstić information content (AvgIpc) is 2.65. The number of halogens is 2. The summed E-state index contributed by atoms with van der Waals surface area (Å²) in [5.74, 6) is -4.41. The monoisotopic (exact) mass is 410 g/mol. The number of benzene rings is 1. The van der Waals surface area contributed by atoms with Gasteiger partial charge >= 0.3 is 5.97 Å². The van der Waals surface area contributed by atoms with Crippen LogP contribution in [0.3, 0.4) is 0 Å². The highest BCUT2D eigenvalue weighted by Crippen LogP contribution is 2.23. The van der Waals surface area contributed by atoms with E-state index in [9.17, 15) is 23.2 Å². The summed E-state index contributed by atoms with van der Waals surface area (Å²) < 4.78 is 32.6. The smallest absolute Gasteiger partial charge is 0.329 e. The fourth-order valence-electron chi connectivity index (χ4n) is 3.43. The summed E-state index contributed by atoms with van der Waals surface area (Å²) in [7, 11) is 0. The van der Waals surface area contributed by atoms with Crippen molar-refractivity contribution in [2.24, 2.45) is 11.8 Å². The van der Waals surface area contributed by atoms with E-state index < -0.39 is 53.5 Å². The van der Waals surface area contributed by atoms with Crippen LogP contribution in [0.1, 0.15) is 56.8 Å². The minimum Gasteiger partial charge on any atom is -0.454 e. The molecule has 29 heavy (non-hydrogen) atoms. The first kappa shape index (κ1) is 22.8. The Kier molecular flexibility index (Phi) is 8.10. The van der Waals surface area contributed by atoms with E-state index in [1.165, 1.54) is 0 Å². The Morgan fingerprint density at radius 2 is 1.76 bits per heavy atom. The number of hydrogen-bond donors (Lipinski definition) is 2. The van der Waals surface area contributed by atoms with Crippen LogP contribution in [0, 0.1) is 23.5 Å². The van der Waals surface area contributed by atoms with Gasteiger partial charge in [0, 0.05) is 6.04 Å². The van der Waals surface area contributed by atoms with E-state index in [0.29, 0.717) is 5.92 Å². The first-order valence-corrected chi connectivity index (χ1v) is 9.91. The van der Waals surface area contributed by atoms with Crippen molar-refractivity contribution >= 4 is 17.8 Å². The maximum absolute atomic E-state index is 13.8. The van der Waals surface area contributed by atoms with Crippen LogP contribution in [0.5, 0.6) is 0 Å². The van der Waals surface area contributed by atoms with E-state index in [2.05, 4.69) is 17.6 Å². The maximum atomic E-state index is 13.8. The predicted molar refractivity (Wildman–Crippen MR) is 103 cm³/mol. The number of amides is 2. The normalized spacial score (nSPS) is 20.1. The van der Waals surface area contributed by atoms with E-state index in [4.69, 9.17) is 4.74 Å². The Labute approximate surface area is 169 Å². The molecular formula is C21H28F2N2O4. The molecule has 6 nitrogen and oxygen atoms in total. The van der Waals surface area contributed by atoms with E-state index in [-0.39, 0.29) is 6.04 Å². The van der Waals surface area contributed by atoms with Gasteiger partial charge in [-0.1, -0.05) is 39.7 Å². The van der Waals surface area contributed by atoms with Crippen LogP contribution >= 0.6 is 0 Å². The van der Waals surface area contributed by atoms with Crippen LogP contribution in [-0.2, 0) is 14.3 Å². The average molecular weight is 410 g/mol. The molecule has 0 aliphatic heterocycles. The molecule has 160 valence electrons. The van der Waals surface area contributed by atoms with Crippen molar-refractivity contribution in [3.63, 3.8) is 0 Å². The third kappa shape index (κ3) is 6.24. The second-order valence-electron chi connectivity index (χ2n) is 7.84. The second kappa shape index (κ2) is 10.3. The molecule has 0 aromatic heterocycles. The SMILES string of the molecule is CC(C)[C@H](NC(=O)c1c(F)cccc1F)C(=O)OCC(=O)N[C@@H]1CCCC[C@H]1C. The molecule has 1 aliphatic carbocycles. The molecule has 2 N–H and O–H groups in total. The number of nitrogens with one attached hydrogen (secondary N) is 2. The van der Waals surface area contributed by atoms with Gasteiger partial charge < -0.3 is 15.4 Å². The Hall–Kier alpha value is -2.51. The highest BCUT2D eigenvalue weighted by molar-refractivity contribution is 5.97. The fraction of sp³-hybridized carbons (Fsp3) is 0.571. The van der Waals surface area contributed by atoms with Gasteiger partial charge in [-0.15, -0.1) is 0 Å². The van der Waals surface area contributed by atoms with Gasteiger partial charge in [0.1, 0.15) is 23.2 Å². The third-order valence-electron chi connectivity index (χ3n) is 5.20. The number of carbonyl (C=O) groups excluding carboxylic acids is 3. The number of ether oxygens (including phenoxy) is 1. The summed E-state index contributed by atoms with van der Waals surface area (Å²) in [5, 5.41) is 5.17. The number of carbonyl (C=O) groups is 3. The van der Waals surface area contributed by atoms with E-state index in [0.717, 1.165) is 43.9 Å². The molecule has 0 bridgehead atoms. The molecule has 0 saturated heterocycles. The topological polar surface area (TPSA) is 84.5 Å². The molecule has 0 radical (unpaired) electrons. The molecule has 0 unspecified atom stereocenters. The van der Waals surface area contributed by atoms with Crippen LogP contribution in [0.25, 0.3) is 0 Å². The van der Waals surface area contributed by atoms with E-state index >= 15 is 0 Å². The third-order valence-corrected chi connectivity index (χ3v) is 5.20. The lowest BCUT2D eigenvalue weighted by atomic mass is 9.86. The van der Waals surface area contributed by atoms with Gasteiger partial charge in [0.15, 0.2) is 6.61 Å². The summed E-state index contributed by atoms with van der Waals surface area (Å²) in [6.45, 7) is 4.89. The molecule has 0 heterocycles. The standard InChI is InChI=1S/C21H28F2N2O4/c1-12(2)19(25-20(27)18-14(22)8-6-9-15(18)23)21(28)29-11-17(26)24-16-10-5-4-7-13(16)3/h6,8-9,12-13,16,19H,4-5,7,10-11H2,1-3H3,(H,24,26)(H,25,27)/t13-,16-,19+/m1/s1. The van der Waals surface area contributed by atoms with E-state index in [1.54, 1.807) is 13.8 Å². The maximum Gasteiger partial charge on any atom is 0.329 e. The first-order chi connectivity index (χ1) is 13.7. The second-order valence-corrected chi connectivity index (χ2v) is 7.84. The molecule has 2 rings (SSSR count). The van der Waals surface area contributed by atoms with Gasteiger partial charge in [-0.25, -0.2) is 13.6 Å². The molecule has 8 heteroatoms. The zero-order valence-electron chi connectivity index (χ0n) is 17.0. The van der Waals surface area contributed by atoms with Crippen LogP contribution in [0.15, 0.2) is 18.2 Å². The van der Waals surface area contributed by atoms with Crippen molar-refractivity contribution in [1.82, 2.24) is 10.6 Å². The van der Waals surface area contributed by atoms with Crippen LogP contribution < -0.4 is 10.6 Å². The quantitative estimate of drug-likeness (QED) is 0.677. The van der Waals surface area contributed by atoms with Gasteiger partial charge in [-0.3, -0.25) is 9.59 Å². The lowest BCUT2D eigenvalue weighted by Crippen LogP contribution is -2.47. The Morgan fingerprint density at radius 3 is 2.34 bits per heavy atom. The summed E-state index contributed by atoms with van der Waals surface area (Å²) in [5.41, 5.74) is -0.769. The number of rotatable bonds is 7. The Morgan fingerprint density at radius 1 is 1.14 bits per heavy atom. The van der Waals surface area contributed by atoms with Crippen LogP contribution in [0.4, 0.5) is 8.78 Å². The minimum absolute atomic E-state index is 0.0552. The van der Waals surface area contributed by atoms with Crippen molar-refractivity contribution in [1.29, 1.82) is 0 Å². The molecule has 1 aromatic rings. The van der Waals surface area contributed by atoms with Crippen molar-refractivity contribution in [2.75, 3.05) is 6.61 Å². The molecule has 0 spiro atoms. The molecule has 3 atom stereocenters. The largest absolute Gasteiger partial charge is 0.454 e. The van der Waals surface area contributed by atoms with Crippen LogP contribution in [-0.4, -0.2) is 36.5 Å². The van der Waals surface area contributed by atoms with Crippen molar-refractivity contribution in [3.05, 3.63) is 35.4 Å². The molecule has 1 saturated carbocycles. The summed E-state index contributed by atoms with van der Waals surface area (Å²) >= 11 is 0. The summed E-state index contributed by atoms with van der Waals surface area (Å²) in [6, 6.07) is 1.96. The Balaban J connectivity index is 1.93. The summed E-state index contributed by atoms with van der Waals surface area (Å²) in [6.07, 6.45) is 4.11. The van der Waals surface area contributed by atoms with E-state index in [1.807, 2.05) is 0 Å². The molecule has 1 aliphatic rings. The van der Waals surface area contributed by atoms with Crippen molar-refractivity contribution in [2.45, 2.75) is 58.5 Å². The van der Waals surface area contributed by atoms with Gasteiger partial charge in [0.25, 0.3) is 11.8 Å². The molecule has 1 aromatic carbocycles. The van der Waals surface area contributed by atoms with Crippen LogP contribution in [0.2, 0.25) is 0 Å². The fourth-order valence-corrected chi connectivity index (χ4v) is 3.43. The Bertz CT molecular complexity index is 734. The molecule has 2 amide bonds. The van der Waals surface area contributed by atoms with Gasteiger partial charge in [-0.05, 0) is 36.8 Å². The number of hydrogen-bond acceptors (Lipinski definition) is 4. The van der Waals surface area contributed by atoms with Gasteiger partial charge in [0.2, 0.25) is 0 Å².